The van der Waals surface area contributed by atoms with Crippen LogP contribution in [0.5, 0.6) is 0 Å². The molecule has 0 radical (unpaired) electrons. The van der Waals surface area contributed by atoms with Crippen molar-refractivity contribution in [3.05, 3.63) is 53.4 Å². The highest BCUT2D eigenvalue weighted by atomic mass is 16.5. The minimum absolute atomic E-state index is 0.280. The van der Waals surface area contributed by atoms with Crippen molar-refractivity contribution >= 4 is 17.2 Å². The molecule has 2 rings (SSSR count). The van der Waals surface area contributed by atoms with Crippen molar-refractivity contribution in [1.29, 1.82) is 0 Å². The molecule has 0 atom stereocenters. The van der Waals surface area contributed by atoms with E-state index >= 15 is 0 Å². The smallest absolute Gasteiger partial charge is 0.353 e. The van der Waals surface area contributed by atoms with Crippen molar-refractivity contribution in [2.24, 2.45) is 10.2 Å². The third-order valence-electron chi connectivity index (χ3n) is 2.68. The summed E-state index contributed by atoms with van der Waals surface area (Å²) in [5.74, 6) is 0.280. The molecule has 1 heterocycles. The first kappa shape index (κ1) is 13.0. The molecular weight excluding hydrogens is 240 g/mol. The van der Waals surface area contributed by atoms with Crippen molar-refractivity contribution in [1.82, 2.24) is 0 Å². The Hall–Kier alpha value is -2.43. The van der Waals surface area contributed by atoms with Crippen LogP contribution in [-0.4, -0.2) is 14.1 Å². The van der Waals surface area contributed by atoms with E-state index in [2.05, 4.69) is 10.2 Å². The van der Waals surface area contributed by atoms with Gasteiger partial charge in [0, 0.05) is 25.8 Å². The fourth-order valence-corrected chi connectivity index (χ4v) is 1.58. The maximum atomic E-state index is 11.6. The van der Waals surface area contributed by atoms with Crippen molar-refractivity contribution in [2.45, 2.75) is 6.92 Å². The van der Waals surface area contributed by atoms with Gasteiger partial charge in [-0.05, 0) is 47.9 Å². The molecule has 19 heavy (non-hydrogen) atoms. The zero-order valence-corrected chi connectivity index (χ0v) is 11.2. The van der Waals surface area contributed by atoms with Gasteiger partial charge < -0.3 is 10.1 Å². The molecule has 0 fully saturated rings. The van der Waals surface area contributed by atoms with Gasteiger partial charge in [-0.25, -0.2) is 4.73 Å². The van der Waals surface area contributed by atoms with Crippen molar-refractivity contribution in [2.75, 3.05) is 19.0 Å². The molecule has 5 heteroatoms. The number of rotatable bonds is 3. The lowest BCUT2D eigenvalue weighted by atomic mass is 10.3. The van der Waals surface area contributed by atoms with Crippen LogP contribution in [0.15, 0.2) is 52.8 Å². The van der Waals surface area contributed by atoms with Gasteiger partial charge in [0.05, 0.1) is 11.3 Å². The SMILES string of the molecule is Cc1ccc(N=Nc2ccc(N(C)C)cc2)[n+]([O-])c1. The van der Waals surface area contributed by atoms with Crippen LogP contribution >= 0.6 is 0 Å². The molecule has 98 valence electrons. The van der Waals surface area contributed by atoms with E-state index in [0.717, 1.165) is 11.3 Å². The predicted octanol–water partition coefficient (Wildman–Crippen LogP) is 3.11. The third-order valence-corrected chi connectivity index (χ3v) is 2.68. The third kappa shape index (κ3) is 3.28. The Balaban J connectivity index is 2.18. The molecular formula is C14H16N4O. The predicted molar refractivity (Wildman–Crippen MR) is 75.1 cm³/mol. The highest BCUT2D eigenvalue weighted by Gasteiger charge is 2.04. The molecule has 1 aromatic carbocycles. The number of benzene rings is 1. The van der Waals surface area contributed by atoms with Gasteiger partial charge in [0.1, 0.15) is 5.69 Å². The van der Waals surface area contributed by atoms with E-state index in [9.17, 15) is 5.21 Å². The van der Waals surface area contributed by atoms with Crippen molar-refractivity contribution in [3.63, 3.8) is 0 Å². The number of azo groups is 1. The van der Waals surface area contributed by atoms with Crippen LogP contribution in [0.3, 0.4) is 0 Å². The molecule has 0 spiro atoms. The first-order chi connectivity index (χ1) is 9.06. The van der Waals surface area contributed by atoms with Crippen molar-refractivity contribution in [3.8, 4) is 0 Å². The van der Waals surface area contributed by atoms with Gasteiger partial charge in [0.2, 0.25) is 0 Å². The molecule has 5 nitrogen and oxygen atoms in total. The summed E-state index contributed by atoms with van der Waals surface area (Å²) < 4.78 is 0.715. The number of hydrogen-bond acceptors (Lipinski definition) is 4. The maximum absolute atomic E-state index is 11.6. The van der Waals surface area contributed by atoms with Crippen LogP contribution < -0.4 is 9.63 Å². The number of pyridine rings is 1. The fraction of sp³-hybridized carbons (Fsp3) is 0.214. The monoisotopic (exact) mass is 256 g/mol. The number of hydrogen-bond donors (Lipinski definition) is 0. The molecule has 0 aliphatic carbocycles. The number of anilines is 1. The topological polar surface area (TPSA) is 54.9 Å². The van der Waals surface area contributed by atoms with Gasteiger partial charge in [-0.15, -0.1) is 0 Å². The van der Waals surface area contributed by atoms with E-state index in [-0.39, 0.29) is 5.82 Å². The Kier molecular flexibility index (Phi) is 3.75. The highest BCUT2D eigenvalue weighted by Crippen LogP contribution is 2.19. The average molecular weight is 256 g/mol. The maximum Gasteiger partial charge on any atom is 0.353 e. The molecule has 2 aromatic rings. The Morgan fingerprint density at radius 3 is 2.26 bits per heavy atom. The van der Waals surface area contributed by atoms with E-state index in [1.54, 1.807) is 6.07 Å². The normalized spacial score (nSPS) is 10.9. The lowest BCUT2D eigenvalue weighted by molar-refractivity contribution is -0.592. The summed E-state index contributed by atoms with van der Waals surface area (Å²) in [6.45, 7) is 1.86. The van der Waals surface area contributed by atoms with E-state index in [1.165, 1.54) is 6.20 Å². The molecule has 0 amide bonds. The second kappa shape index (κ2) is 5.48. The first-order valence-electron chi connectivity index (χ1n) is 5.95. The van der Waals surface area contributed by atoms with E-state index in [1.807, 2.05) is 56.3 Å². The zero-order chi connectivity index (χ0) is 13.8. The van der Waals surface area contributed by atoms with Gasteiger partial charge in [-0.2, -0.15) is 0 Å². The van der Waals surface area contributed by atoms with Gasteiger partial charge in [0.15, 0.2) is 0 Å². The molecule has 0 saturated carbocycles. The lowest BCUT2D eigenvalue weighted by Gasteiger charge is -2.11. The van der Waals surface area contributed by atoms with Crippen molar-refractivity contribution < 1.29 is 4.73 Å². The molecule has 0 aliphatic heterocycles. The minimum Gasteiger partial charge on any atom is -0.710 e. The van der Waals surface area contributed by atoms with Crippen LogP contribution in [0.25, 0.3) is 0 Å². The fourth-order valence-electron chi connectivity index (χ4n) is 1.58. The summed E-state index contributed by atoms with van der Waals surface area (Å²) >= 11 is 0. The second-order valence-corrected chi connectivity index (χ2v) is 4.50. The summed E-state index contributed by atoms with van der Waals surface area (Å²) in [5, 5.41) is 19.6. The number of nitrogens with zero attached hydrogens (tertiary/aromatic N) is 4. The molecule has 1 aromatic heterocycles. The van der Waals surface area contributed by atoms with Crippen LogP contribution in [-0.2, 0) is 0 Å². The van der Waals surface area contributed by atoms with Crippen LogP contribution in [0.2, 0.25) is 0 Å². The Labute approximate surface area is 112 Å². The summed E-state index contributed by atoms with van der Waals surface area (Å²) in [6, 6.07) is 11.1. The van der Waals surface area contributed by atoms with Crippen LogP contribution in [0.4, 0.5) is 17.2 Å². The summed E-state index contributed by atoms with van der Waals surface area (Å²) in [7, 11) is 3.95. The Morgan fingerprint density at radius 1 is 1.00 bits per heavy atom. The van der Waals surface area contributed by atoms with Gasteiger partial charge in [0.25, 0.3) is 0 Å². The van der Waals surface area contributed by atoms with Gasteiger partial charge >= 0.3 is 5.82 Å². The second-order valence-electron chi connectivity index (χ2n) is 4.50. The minimum atomic E-state index is 0.280. The standard InChI is InChI=1S/C14H16N4O/c1-11-4-9-14(18(19)10-11)16-15-12-5-7-13(8-6-12)17(2)3/h4-10H,1-3H3. The van der Waals surface area contributed by atoms with E-state index in [4.69, 9.17) is 0 Å². The summed E-state index contributed by atoms with van der Waals surface area (Å²) in [4.78, 5) is 2.01. The van der Waals surface area contributed by atoms with E-state index in [0.29, 0.717) is 10.4 Å². The van der Waals surface area contributed by atoms with Crippen LogP contribution in [0.1, 0.15) is 5.56 Å². The molecule has 0 aliphatic rings. The molecule has 0 bridgehead atoms. The molecule has 0 N–H and O–H groups in total. The first-order valence-corrected chi connectivity index (χ1v) is 5.95. The van der Waals surface area contributed by atoms with E-state index < -0.39 is 0 Å². The number of aryl methyl sites for hydroxylation is 1. The summed E-state index contributed by atoms with van der Waals surface area (Å²) in [5.41, 5.74) is 2.70. The van der Waals surface area contributed by atoms with Gasteiger partial charge in [-0.1, -0.05) is 0 Å². The largest absolute Gasteiger partial charge is 0.710 e. The number of aromatic nitrogens is 1. The molecule has 0 unspecified atom stereocenters. The Bertz CT molecular complexity index is 591. The van der Waals surface area contributed by atoms with Gasteiger partial charge in [-0.3, -0.25) is 0 Å². The molecule has 0 saturated heterocycles. The quantitative estimate of drug-likeness (QED) is 0.481. The average Bonchev–Trinajstić information content (AvgIpc) is 2.38. The summed E-state index contributed by atoms with van der Waals surface area (Å²) in [6.07, 6.45) is 1.48. The Morgan fingerprint density at radius 2 is 1.68 bits per heavy atom. The highest BCUT2D eigenvalue weighted by molar-refractivity contribution is 5.51. The van der Waals surface area contributed by atoms with Crippen LogP contribution in [0, 0.1) is 12.1 Å². The lowest BCUT2D eigenvalue weighted by Crippen LogP contribution is -2.25. The zero-order valence-electron chi connectivity index (χ0n) is 11.2.